The van der Waals surface area contributed by atoms with Gasteiger partial charge in [0.1, 0.15) is 24.2 Å². The Bertz CT molecular complexity index is 1080. The monoisotopic (exact) mass is 485 g/mol. The molecule has 32 heavy (non-hydrogen) atoms. The number of ether oxygens (including phenoxy) is 1. The van der Waals surface area contributed by atoms with Crippen molar-refractivity contribution in [2.75, 3.05) is 31.3 Å². The first kappa shape index (κ1) is 25.4. The molecule has 0 bridgehead atoms. The number of sulfonamides is 1. The van der Waals surface area contributed by atoms with Crippen LogP contribution in [0.4, 0.5) is 10.1 Å². The van der Waals surface area contributed by atoms with Gasteiger partial charge in [-0.05, 0) is 42.8 Å². The number of nitrogens with one attached hydrogen (secondary N) is 1. The lowest BCUT2D eigenvalue weighted by molar-refractivity contribution is -0.139. The maximum atomic E-state index is 13.3. The number of likely N-dealkylation sites (N-methyl/N-ethyl adjacent to an activating group) is 1. The molecule has 2 rings (SSSR count). The summed E-state index contributed by atoms with van der Waals surface area (Å²) in [5, 5.41) is 2.73. The van der Waals surface area contributed by atoms with Crippen molar-refractivity contribution >= 4 is 39.1 Å². The minimum absolute atomic E-state index is 0.0298. The maximum absolute atomic E-state index is 13.3. The van der Waals surface area contributed by atoms with Crippen LogP contribution in [0, 0.1) is 5.82 Å². The number of carbonyl (C=O) groups excluding carboxylic acids is 2. The first-order valence-electron chi connectivity index (χ1n) is 9.54. The van der Waals surface area contributed by atoms with Crippen LogP contribution in [0.25, 0.3) is 0 Å². The highest BCUT2D eigenvalue weighted by Gasteiger charge is 2.31. The molecule has 0 aromatic heterocycles. The lowest BCUT2D eigenvalue weighted by Gasteiger charge is -2.31. The molecular weight excluding hydrogens is 461 g/mol. The molecule has 1 N–H and O–H groups in total. The van der Waals surface area contributed by atoms with Gasteiger partial charge >= 0.3 is 0 Å². The summed E-state index contributed by atoms with van der Waals surface area (Å²) in [7, 11) is -1.13. The first-order valence-corrected chi connectivity index (χ1v) is 11.8. The van der Waals surface area contributed by atoms with Crippen molar-refractivity contribution in [3.05, 3.63) is 58.9 Å². The highest BCUT2D eigenvalue weighted by molar-refractivity contribution is 7.92. The third kappa shape index (κ3) is 6.33. The second kappa shape index (κ2) is 10.6. The van der Waals surface area contributed by atoms with Crippen molar-refractivity contribution in [2.24, 2.45) is 0 Å². The Balaban J connectivity index is 2.44. The zero-order chi connectivity index (χ0) is 24.1. The van der Waals surface area contributed by atoms with Crippen LogP contribution in [0.5, 0.6) is 5.75 Å². The van der Waals surface area contributed by atoms with Gasteiger partial charge in [-0.15, -0.1) is 0 Å². The van der Waals surface area contributed by atoms with E-state index < -0.39 is 40.2 Å². The molecule has 11 heteroatoms. The van der Waals surface area contributed by atoms with Crippen molar-refractivity contribution < 1.29 is 27.1 Å². The molecule has 1 atom stereocenters. The van der Waals surface area contributed by atoms with Gasteiger partial charge in [0.2, 0.25) is 21.8 Å². The van der Waals surface area contributed by atoms with Crippen LogP contribution in [0.3, 0.4) is 0 Å². The van der Waals surface area contributed by atoms with Crippen molar-refractivity contribution in [3.8, 4) is 5.75 Å². The number of rotatable bonds is 9. The SMILES string of the molecule is CNC(=O)[C@@H](C)N(Cc1ccc(F)cc1)C(=O)CN(c1cc(Cl)ccc1OC)S(C)(=O)=O. The minimum atomic E-state index is -3.93. The molecule has 0 unspecified atom stereocenters. The predicted molar refractivity (Wildman–Crippen MR) is 121 cm³/mol. The van der Waals surface area contributed by atoms with Crippen molar-refractivity contribution in [2.45, 2.75) is 19.5 Å². The molecule has 0 saturated carbocycles. The van der Waals surface area contributed by atoms with Gasteiger partial charge in [0, 0.05) is 18.6 Å². The summed E-state index contributed by atoms with van der Waals surface area (Å²) in [6.45, 7) is 0.890. The molecule has 2 aromatic rings. The number of nitrogens with zero attached hydrogens (tertiary/aromatic N) is 2. The number of amides is 2. The van der Waals surface area contributed by atoms with E-state index in [9.17, 15) is 22.4 Å². The summed E-state index contributed by atoms with van der Waals surface area (Å²) in [5.41, 5.74) is 0.659. The maximum Gasteiger partial charge on any atom is 0.244 e. The van der Waals surface area contributed by atoms with Crippen LogP contribution >= 0.6 is 11.6 Å². The highest BCUT2D eigenvalue weighted by atomic mass is 35.5. The molecule has 0 aliphatic carbocycles. The van der Waals surface area contributed by atoms with Gasteiger partial charge in [0.05, 0.1) is 19.1 Å². The van der Waals surface area contributed by atoms with Crippen LogP contribution in [0.1, 0.15) is 12.5 Å². The van der Waals surface area contributed by atoms with E-state index in [-0.39, 0.29) is 23.0 Å². The second-order valence-electron chi connectivity index (χ2n) is 7.02. The largest absolute Gasteiger partial charge is 0.495 e. The van der Waals surface area contributed by atoms with Crippen molar-refractivity contribution in [1.82, 2.24) is 10.2 Å². The zero-order valence-corrected chi connectivity index (χ0v) is 19.7. The summed E-state index contributed by atoms with van der Waals surface area (Å²) >= 11 is 6.04. The topological polar surface area (TPSA) is 96.0 Å². The third-order valence-electron chi connectivity index (χ3n) is 4.77. The van der Waals surface area contributed by atoms with Crippen LogP contribution in [0.15, 0.2) is 42.5 Å². The van der Waals surface area contributed by atoms with E-state index in [1.165, 1.54) is 68.4 Å². The molecule has 174 valence electrons. The van der Waals surface area contributed by atoms with E-state index in [1.807, 2.05) is 0 Å². The molecular formula is C21H25ClFN3O5S. The second-order valence-corrected chi connectivity index (χ2v) is 9.37. The lowest BCUT2D eigenvalue weighted by Crippen LogP contribution is -2.50. The number of hydrogen-bond donors (Lipinski definition) is 1. The van der Waals surface area contributed by atoms with Crippen LogP contribution in [-0.4, -0.2) is 58.1 Å². The van der Waals surface area contributed by atoms with Gasteiger partial charge in [0.25, 0.3) is 0 Å². The molecule has 0 aliphatic rings. The van der Waals surface area contributed by atoms with Gasteiger partial charge in [-0.2, -0.15) is 0 Å². The average Bonchev–Trinajstić information content (AvgIpc) is 2.75. The molecule has 0 saturated heterocycles. The van der Waals surface area contributed by atoms with E-state index in [0.29, 0.717) is 5.56 Å². The summed E-state index contributed by atoms with van der Waals surface area (Å²) in [5.74, 6) is -1.32. The Kier molecular flexibility index (Phi) is 8.45. The third-order valence-corrected chi connectivity index (χ3v) is 6.13. The number of halogens is 2. The van der Waals surface area contributed by atoms with Crippen LogP contribution < -0.4 is 14.4 Å². The molecule has 0 heterocycles. The highest BCUT2D eigenvalue weighted by Crippen LogP contribution is 2.33. The van der Waals surface area contributed by atoms with Gasteiger partial charge in [-0.25, -0.2) is 12.8 Å². The standard InChI is InChI=1S/C21H25ClFN3O5S/c1-14(21(28)24-2)25(12-15-5-8-17(23)9-6-15)20(27)13-26(32(4,29)30)18-11-16(22)7-10-19(18)31-3/h5-11,14H,12-13H2,1-4H3,(H,24,28)/t14-/m1/s1. The number of hydrogen-bond acceptors (Lipinski definition) is 5. The Hall–Kier alpha value is -2.85. The Morgan fingerprint density at radius 3 is 2.34 bits per heavy atom. The molecule has 8 nitrogen and oxygen atoms in total. The fourth-order valence-corrected chi connectivity index (χ4v) is 4.04. The molecule has 0 fully saturated rings. The number of carbonyl (C=O) groups is 2. The van der Waals surface area contributed by atoms with Gasteiger partial charge in [0.15, 0.2) is 0 Å². The lowest BCUT2D eigenvalue weighted by atomic mass is 10.1. The summed E-state index contributed by atoms with van der Waals surface area (Å²) in [6, 6.07) is 8.93. The fraction of sp³-hybridized carbons (Fsp3) is 0.333. The van der Waals surface area contributed by atoms with Crippen LogP contribution in [-0.2, 0) is 26.2 Å². The van der Waals surface area contributed by atoms with E-state index in [4.69, 9.17) is 16.3 Å². The fourth-order valence-electron chi connectivity index (χ4n) is 3.03. The van der Waals surface area contributed by atoms with E-state index in [0.717, 1.165) is 10.6 Å². The zero-order valence-electron chi connectivity index (χ0n) is 18.1. The summed E-state index contributed by atoms with van der Waals surface area (Å²) in [6.07, 6.45) is 0.952. The van der Waals surface area contributed by atoms with E-state index in [2.05, 4.69) is 5.32 Å². The number of benzene rings is 2. The molecule has 2 amide bonds. The quantitative estimate of drug-likeness (QED) is 0.588. The van der Waals surface area contributed by atoms with Crippen molar-refractivity contribution in [3.63, 3.8) is 0 Å². The smallest absolute Gasteiger partial charge is 0.244 e. The number of methoxy groups -OCH3 is 1. The van der Waals surface area contributed by atoms with E-state index in [1.54, 1.807) is 0 Å². The van der Waals surface area contributed by atoms with Crippen molar-refractivity contribution in [1.29, 1.82) is 0 Å². The minimum Gasteiger partial charge on any atom is -0.495 e. The van der Waals surface area contributed by atoms with Gasteiger partial charge in [-0.3, -0.25) is 13.9 Å². The van der Waals surface area contributed by atoms with Gasteiger partial charge in [-0.1, -0.05) is 23.7 Å². The van der Waals surface area contributed by atoms with Gasteiger partial charge < -0.3 is 15.0 Å². The summed E-state index contributed by atoms with van der Waals surface area (Å²) in [4.78, 5) is 26.8. The molecule has 2 aromatic carbocycles. The average molecular weight is 486 g/mol. The molecule has 0 radical (unpaired) electrons. The Morgan fingerprint density at radius 2 is 1.81 bits per heavy atom. The normalized spacial score (nSPS) is 12.1. The Labute approximate surface area is 192 Å². The summed E-state index contributed by atoms with van der Waals surface area (Å²) < 4.78 is 44.5. The predicted octanol–water partition coefficient (Wildman–Crippen LogP) is 2.42. The molecule has 0 aliphatic heterocycles. The number of anilines is 1. The van der Waals surface area contributed by atoms with E-state index >= 15 is 0 Å². The molecule has 0 spiro atoms. The van der Waals surface area contributed by atoms with Crippen LogP contribution in [0.2, 0.25) is 5.02 Å². The first-order chi connectivity index (χ1) is 15.0. The Morgan fingerprint density at radius 1 is 1.19 bits per heavy atom.